The smallest absolute Gasteiger partial charge is 0.352 e. The molecule has 0 amide bonds. The van der Waals surface area contributed by atoms with Crippen LogP contribution in [0.3, 0.4) is 0 Å². The normalized spacial score (nSPS) is 11.2. The van der Waals surface area contributed by atoms with Crippen molar-refractivity contribution in [2.45, 2.75) is 33.6 Å². The first-order chi connectivity index (χ1) is 20.1. The molecule has 0 bridgehead atoms. The van der Waals surface area contributed by atoms with Gasteiger partial charge >= 0.3 is 5.69 Å². The first kappa shape index (κ1) is 28.7. The predicted molar refractivity (Wildman–Crippen MR) is 158 cm³/mol. The minimum Gasteiger partial charge on any atom is -0.369 e. The van der Waals surface area contributed by atoms with Crippen molar-refractivity contribution in [2.24, 2.45) is 0 Å². The first-order valence-corrected chi connectivity index (χ1v) is 13.3. The molecule has 214 valence electrons. The van der Waals surface area contributed by atoms with Gasteiger partial charge in [-0.15, -0.1) is 5.10 Å². The molecule has 0 aliphatic heterocycles. The third kappa shape index (κ3) is 5.04. The molecule has 0 fully saturated rings. The number of allylic oxidation sites excluding steroid dienone is 1. The Hall–Kier alpha value is -4.87. The fourth-order valence-corrected chi connectivity index (χ4v) is 5.16. The lowest BCUT2D eigenvalue weighted by molar-refractivity contribution is -0.385. The van der Waals surface area contributed by atoms with E-state index >= 15 is 4.39 Å². The highest BCUT2D eigenvalue weighted by atomic mass is 35.5. The molecule has 3 aromatic carbocycles. The molecule has 5 aromatic rings. The molecular weight excluding hydrogens is 565 g/mol. The molecule has 0 saturated heterocycles. The number of hydrogen-bond acceptors (Lipinski definition) is 6. The fraction of sp³-hybridized carbons (Fsp3) is 0.167. The van der Waals surface area contributed by atoms with Gasteiger partial charge in [0.15, 0.2) is 17.5 Å². The fourth-order valence-electron chi connectivity index (χ4n) is 4.87. The molecule has 0 spiro atoms. The lowest BCUT2D eigenvalue weighted by Gasteiger charge is -2.20. The number of nitro benzene ring substituents is 1. The van der Waals surface area contributed by atoms with E-state index in [9.17, 15) is 19.7 Å². The van der Waals surface area contributed by atoms with Crippen molar-refractivity contribution in [1.82, 2.24) is 18.9 Å². The molecule has 0 aliphatic rings. The zero-order valence-electron chi connectivity index (χ0n) is 22.7. The van der Waals surface area contributed by atoms with Crippen molar-refractivity contribution in [3.63, 3.8) is 0 Å². The van der Waals surface area contributed by atoms with Crippen molar-refractivity contribution in [1.29, 1.82) is 0 Å². The van der Waals surface area contributed by atoms with Gasteiger partial charge in [0, 0.05) is 23.6 Å². The summed E-state index contributed by atoms with van der Waals surface area (Å²) in [6, 6.07) is 17.7. The third-order valence-electron chi connectivity index (χ3n) is 6.73. The minimum absolute atomic E-state index is 0.0299. The van der Waals surface area contributed by atoms with Crippen LogP contribution in [-0.2, 0) is 24.5 Å². The molecule has 5 rings (SSSR count). The van der Waals surface area contributed by atoms with Gasteiger partial charge in [0.1, 0.15) is 12.3 Å². The van der Waals surface area contributed by atoms with Crippen molar-refractivity contribution >= 4 is 33.6 Å². The highest BCUT2D eigenvalue weighted by molar-refractivity contribution is 6.32. The predicted octanol–water partition coefficient (Wildman–Crippen LogP) is 5.81. The van der Waals surface area contributed by atoms with Gasteiger partial charge in [0.05, 0.1) is 22.6 Å². The number of nitrogens with zero attached hydrogens (tertiary/aromatic N) is 5. The van der Waals surface area contributed by atoms with E-state index in [2.05, 4.69) is 11.7 Å². The zero-order valence-corrected chi connectivity index (χ0v) is 23.5. The molecule has 42 heavy (non-hydrogen) atoms. The van der Waals surface area contributed by atoms with Crippen molar-refractivity contribution in [3.05, 3.63) is 132 Å². The van der Waals surface area contributed by atoms with Crippen LogP contribution in [0.25, 0.3) is 27.9 Å². The summed E-state index contributed by atoms with van der Waals surface area (Å²) >= 11 is 6.40. The minimum atomic E-state index is -1.13. The molecule has 0 aliphatic carbocycles. The van der Waals surface area contributed by atoms with Crippen LogP contribution in [0.15, 0.2) is 82.9 Å². The number of hydrogen-bond donors (Lipinski definition) is 0. The van der Waals surface area contributed by atoms with Gasteiger partial charge in [-0.05, 0) is 36.4 Å². The Morgan fingerprint density at radius 1 is 1.07 bits per heavy atom. The van der Waals surface area contributed by atoms with E-state index in [-0.39, 0.29) is 36.8 Å². The van der Waals surface area contributed by atoms with Crippen molar-refractivity contribution in [2.75, 3.05) is 0 Å². The summed E-state index contributed by atoms with van der Waals surface area (Å²) < 4.78 is 24.8. The van der Waals surface area contributed by atoms with Gasteiger partial charge in [-0.3, -0.25) is 24.0 Å². The van der Waals surface area contributed by atoms with E-state index in [1.165, 1.54) is 4.57 Å². The number of halogens is 2. The molecule has 2 heterocycles. The molecule has 0 saturated carbocycles. The molecule has 0 N–H and O–H groups in total. The second-order valence-corrected chi connectivity index (χ2v) is 9.92. The summed E-state index contributed by atoms with van der Waals surface area (Å²) in [5.74, 6) is -0.967. The average molecular weight is 590 g/mol. The second kappa shape index (κ2) is 11.6. The third-order valence-corrected chi connectivity index (χ3v) is 7.01. The Labute approximate surface area is 243 Å². The maximum absolute atomic E-state index is 15.6. The Morgan fingerprint density at radius 2 is 1.74 bits per heavy atom. The maximum atomic E-state index is 15.6. The molecule has 10 nitrogen and oxygen atoms in total. The number of fused-ring (bicyclic) bond motifs is 1. The van der Waals surface area contributed by atoms with Crippen LogP contribution in [-0.4, -0.2) is 23.8 Å². The van der Waals surface area contributed by atoms with E-state index in [0.29, 0.717) is 22.6 Å². The number of non-ortho nitro benzene ring substituents is 1. The number of rotatable bonds is 9. The molecule has 0 atom stereocenters. The Morgan fingerprint density at radius 3 is 2.36 bits per heavy atom. The number of nitro groups is 1. The lowest BCUT2D eigenvalue weighted by Crippen LogP contribution is -2.32. The SMILES string of the molecule is C=C(C)c1c(-n2nc(COCc3ccccc3)n(CC)c2=O)n(-c2c(F)cc([N+](=O)[O-])cc2Cl)c(=O)c2ccccc12. The largest absolute Gasteiger partial charge is 0.369 e. The number of pyridine rings is 1. The maximum Gasteiger partial charge on any atom is 0.352 e. The lowest BCUT2D eigenvalue weighted by atomic mass is 10.0. The Bertz CT molecular complexity index is 1960. The van der Waals surface area contributed by atoms with Gasteiger partial charge in [0.2, 0.25) is 0 Å². The van der Waals surface area contributed by atoms with Gasteiger partial charge in [-0.25, -0.2) is 9.18 Å². The molecule has 0 radical (unpaired) electrons. The summed E-state index contributed by atoms with van der Waals surface area (Å²) in [4.78, 5) is 38.4. The number of benzene rings is 3. The van der Waals surface area contributed by atoms with Crippen LogP contribution in [0, 0.1) is 15.9 Å². The van der Waals surface area contributed by atoms with Gasteiger partial charge in [-0.1, -0.05) is 66.7 Å². The van der Waals surface area contributed by atoms with Crippen LogP contribution < -0.4 is 11.2 Å². The summed E-state index contributed by atoms with van der Waals surface area (Å²) in [5.41, 5.74) is -0.650. The summed E-state index contributed by atoms with van der Waals surface area (Å²) in [5, 5.41) is 16.1. The van der Waals surface area contributed by atoms with Crippen LogP contribution >= 0.6 is 11.6 Å². The van der Waals surface area contributed by atoms with E-state index in [1.807, 2.05) is 30.3 Å². The number of aromatic nitrogens is 4. The van der Waals surface area contributed by atoms with E-state index < -0.39 is 38.4 Å². The Balaban J connectivity index is 1.81. The average Bonchev–Trinajstić information content (AvgIpc) is 3.28. The van der Waals surface area contributed by atoms with Crippen molar-refractivity contribution < 1.29 is 14.1 Å². The molecule has 12 heteroatoms. The monoisotopic (exact) mass is 589 g/mol. The van der Waals surface area contributed by atoms with Gasteiger partial charge in [0.25, 0.3) is 11.2 Å². The zero-order chi connectivity index (χ0) is 30.1. The molecular formula is C30H25ClFN5O5. The highest BCUT2D eigenvalue weighted by Crippen LogP contribution is 2.34. The topological polar surface area (TPSA) is 114 Å². The van der Waals surface area contributed by atoms with Crippen LogP contribution in [0.1, 0.15) is 30.8 Å². The summed E-state index contributed by atoms with van der Waals surface area (Å²) in [7, 11) is 0. The molecule has 2 aromatic heterocycles. The van der Waals surface area contributed by atoms with Crippen LogP contribution in [0.5, 0.6) is 0 Å². The van der Waals surface area contributed by atoms with Crippen molar-refractivity contribution in [3.8, 4) is 11.5 Å². The van der Waals surface area contributed by atoms with E-state index in [0.717, 1.165) is 20.9 Å². The summed E-state index contributed by atoms with van der Waals surface area (Å²) in [6.07, 6.45) is 0. The second-order valence-electron chi connectivity index (χ2n) is 9.51. The standard InChI is InChI=1S/C30H25ClFN5O5/c1-4-34-25(17-42-16-19-10-6-5-7-11-19)33-36(30(34)39)28-26(18(2)3)21-12-8-9-13-22(21)29(38)35(28)27-23(31)14-20(37(40)41)15-24(27)32/h5-15H,2,4,16-17H2,1,3H3. The van der Waals surface area contributed by atoms with Crippen LogP contribution in [0.2, 0.25) is 5.02 Å². The van der Waals surface area contributed by atoms with Crippen LogP contribution in [0.4, 0.5) is 10.1 Å². The first-order valence-electron chi connectivity index (χ1n) is 12.9. The molecule has 0 unspecified atom stereocenters. The highest BCUT2D eigenvalue weighted by Gasteiger charge is 2.28. The quantitative estimate of drug-likeness (QED) is 0.158. The van der Waals surface area contributed by atoms with E-state index in [4.69, 9.17) is 16.3 Å². The van der Waals surface area contributed by atoms with Gasteiger partial charge in [-0.2, -0.15) is 4.68 Å². The van der Waals surface area contributed by atoms with Gasteiger partial charge < -0.3 is 4.74 Å². The Kier molecular flexibility index (Phi) is 7.88. The summed E-state index contributed by atoms with van der Waals surface area (Å²) in [6.45, 7) is 7.98. The number of ether oxygens (including phenoxy) is 1. The van der Waals surface area contributed by atoms with E-state index in [1.54, 1.807) is 38.1 Å².